The zero-order valence-corrected chi connectivity index (χ0v) is 10.6. The van der Waals surface area contributed by atoms with Gasteiger partial charge in [0.1, 0.15) is 0 Å². The van der Waals surface area contributed by atoms with Gasteiger partial charge in [-0.15, -0.1) is 0 Å². The topological polar surface area (TPSA) is 21.3 Å². The van der Waals surface area contributed by atoms with Crippen molar-refractivity contribution in [1.29, 1.82) is 0 Å². The van der Waals surface area contributed by atoms with E-state index in [1.165, 1.54) is 25.7 Å². The van der Waals surface area contributed by atoms with Crippen LogP contribution in [0.5, 0.6) is 0 Å². The van der Waals surface area contributed by atoms with Crippen LogP contribution in [0.15, 0.2) is 0 Å². The summed E-state index contributed by atoms with van der Waals surface area (Å²) in [5, 5.41) is 3.40. The van der Waals surface area contributed by atoms with Crippen LogP contribution in [-0.2, 0) is 4.74 Å². The average Bonchev–Trinajstić information content (AvgIpc) is 2.19. The van der Waals surface area contributed by atoms with E-state index in [2.05, 4.69) is 26.1 Å². The number of nitrogens with one attached hydrogen (secondary N) is 1. The molecular formula is C13H27NO. The molecule has 0 unspecified atom stereocenters. The van der Waals surface area contributed by atoms with Gasteiger partial charge < -0.3 is 10.1 Å². The first-order valence-corrected chi connectivity index (χ1v) is 6.58. The molecule has 1 saturated heterocycles. The molecule has 0 atom stereocenters. The van der Waals surface area contributed by atoms with Crippen LogP contribution in [0.4, 0.5) is 0 Å². The summed E-state index contributed by atoms with van der Waals surface area (Å²) in [4.78, 5) is 0. The Kier molecular flexibility index (Phi) is 5.62. The first-order valence-electron chi connectivity index (χ1n) is 6.58. The van der Waals surface area contributed by atoms with Crippen LogP contribution in [0.25, 0.3) is 0 Å². The van der Waals surface area contributed by atoms with Crippen LogP contribution in [0.2, 0.25) is 0 Å². The van der Waals surface area contributed by atoms with Crippen molar-refractivity contribution in [2.45, 2.75) is 71.0 Å². The molecule has 0 aromatic heterocycles. The van der Waals surface area contributed by atoms with Gasteiger partial charge in [0.2, 0.25) is 0 Å². The van der Waals surface area contributed by atoms with Crippen molar-refractivity contribution >= 4 is 0 Å². The molecule has 0 aliphatic carbocycles. The monoisotopic (exact) mass is 213 g/mol. The molecule has 15 heavy (non-hydrogen) atoms. The Morgan fingerprint density at radius 3 is 2.13 bits per heavy atom. The van der Waals surface area contributed by atoms with Gasteiger partial charge in [0.05, 0.1) is 11.7 Å². The molecule has 2 nitrogen and oxygen atoms in total. The highest BCUT2D eigenvalue weighted by Crippen LogP contribution is 2.26. The molecule has 1 N–H and O–H groups in total. The Morgan fingerprint density at radius 1 is 1.13 bits per heavy atom. The fraction of sp³-hybridized carbons (Fsp3) is 1.00. The highest BCUT2D eigenvalue weighted by atomic mass is 16.5. The molecule has 1 rings (SSSR count). The van der Waals surface area contributed by atoms with Crippen molar-refractivity contribution in [2.24, 2.45) is 0 Å². The van der Waals surface area contributed by atoms with Crippen LogP contribution in [0, 0.1) is 0 Å². The van der Waals surface area contributed by atoms with E-state index in [0.717, 1.165) is 25.9 Å². The molecule has 0 aromatic rings. The van der Waals surface area contributed by atoms with Gasteiger partial charge in [-0.25, -0.2) is 0 Å². The molecule has 1 fully saturated rings. The summed E-state index contributed by atoms with van der Waals surface area (Å²) in [7, 11) is 0. The van der Waals surface area contributed by atoms with Gasteiger partial charge in [0, 0.05) is 0 Å². The minimum Gasteiger partial charge on any atom is -0.372 e. The molecule has 0 radical (unpaired) electrons. The van der Waals surface area contributed by atoms with Crippen molar-refractivity contribution in [2.75, 3.05) is 13.1 Å². The van der Waals surface area contributed by atoms with Gasteiger partial charge in [0.25, 0.3) is 0 Å². The Morgan fingerprint density at radius 2 is 1.67 bits per heavy atom. The zero-order chi connectivity index (χ0) is 11.1. The second kappa shape index (κ2) is 6.49. The average molecular weight is 213 g/mol. The zero-order valence-electron chi connectivity index (χ0n) is 10.6. The molecule has 1 heterocycles. The lowest BCUT2D eigenvalue weighted by Crippen LogP contribution is -2.43. The Labute approximate surface area is 94.8 Å². The fourth-order valence-electron chi connectivity index (χ4n) is 2.38. The van der Waals surface area contributed by atoms with Gasteiger partial charge in [-0.2, -0.15) is 0 Å². The molecule has 1 aliphatic rings. The lowest BCUT2D eigenvalue weighted by atomic mass is 9.93. The summed E-state index contributed by atoms with van der Waals surface area (Å²) in [5.41, 5.74) is 0.139. The predicted molar refractivity (Wildman–Crippen MR) is 65.2 cm³/mol. The van der Waals surface area contributed by atoms with E-state index in [1.54, 1.807) is 0 Å². The van der Waals surface area contributed by atoms with Gasteiger partial charge in [-0.1, -0.05) is 26.7 Å². The van der Waals surface area contributed by atoms with Crippen molar-refractivity contribution in [1.82, 2.24) is 5.32 Å². The molecule has 1 aliphatic heterocycles. The number of piperidine rings is 1. The summed E-state index contributed by atoms with van der Waals surface area (Å²) in [6, 6.07) is 0. The van der Waals surface area contributed by atoms with Gasteiger partial charge in [-0.3, -0.25) is 0 Å². The Balaban J connectivity index is 2.39. The van der Waals surface area contributed by atoms with Crippen molar-refractivity contribution in [3.8, 4) is 0 Å². The summed E-state index contributed by atoms with van der Waals surface area (Å²) in [6.07, 6.45) is 7.72. The predicted octanol–water partition coefficient (Wildman–Crippen LogP) is 3.11. The van der Waals surface area contributed by atoms with Crippen LogP contribution < -0.4 is 5.32 Å². The SMILES string of the molecule is CCCC(CCC)OC1(C)CCNCC1. The first kappa shape index (κ1) is 13.0. The van der Waals surface area contributed by atoms with E-state index in [1.807, 2.05) is 0 Å². The lowest BCUT2D eigenvalue weighted by Gasteiger charge is -2.37. The number of hydrogen-bond acceptors (Lipinski definition) is 2. The second-order valence-electron chi connectivity index (χ2n) is 5.02. The summed E-state index contributed by atoms with van der Waals surface area (Å²) >= 11 is 0. The fourth-order valence-corrected chi connectivity index (χ4v) is 2.38. The summed E-state index contributed by atoms with van der Waals surface area (Å²) < 4.78 is 6.32. The summed E-state index contributed by atoms with van der Waals surface area (Å²) in [5.74, 6) is 0. The van der Waals surface area contributed by atoms with Crippen molar-refractivity contribution in [3.05, 3.63) is 0 Å². The lowest BCUT2D eigenvalue weighted by molar-refractivity contribution is -0.103. The quantitative estimate of drug-likeness (QED) is 0.732. The molecule has 0 amide bonds. The highest BCUT2D eigenvalue weighted by Gasteiger charge is 2.29. The van der Waals surface area contributed by atoms with Gasteiger partial charge >= 0.3 is 0 Å². The van der Waals surface area contributed by atoms with Crippen LogP contribution in [-0.4, -0.2) is 24.8 Å². The first-order chi connectivity index (χ1) is 7.20. The number of hydrogen-bond donors (Lipinski definition) is 1. The van der Waals surface area contributed by atoms with E-state index in [9.17, 15) is 0 Å². The third kappa shape index (κ3) is 4.52. The smallest absolute Gasteiger partial charge is 0.0682 e. The van der Waals surface area contributed by atoms with Crippen molar-refractivity contribution < 1.29 is 4.74 Å². The maximum Gasteiger partial charge on any atom is 0.0682 e. The van der Waals surface area contributed by atoms with Gasteiger partial charge in [0.15, 0.2) is 0 Å². The molecule has 0 saturated carbocycles. The highest BCUT2D eigenvalue weighted by molar-refractivity contribution is 4.83. The number of rotatable bonds is 6. The third-order valence-corrected chi connectivity index (χ3v) is 3.33. The standard InChI is InChI=1S/C13H27NO/c1-4-6-12(7-5-2)15-13(3)8-10-14-11-9-13/h12,14H,4-11H2,1-3H3. The maximum absolute atomic E-state index is 6.32. The van der Waals surface area contributed by atoms with Crippen LogP contribution in [0.3, 0.4) is 0 Å². The van der Waals surface area contributed by atoms with Gasteiger partial charge in [-0.05, 0) is 45.7 Å². The van der Waals surface area contributed by atoms with Crippen molar-refractivity contribution in [3.63, 3.8) is 0 Å². The third-order valence-electron chi connectivity index (χ3n) is 3.33. The van der Waals surface area contributed by atoms with E-state index in [4.69, 9.17) is 4.74 Å². The second-order valence-corrected chi connectivity index (χ2v) is 5.02. The van der Waals surface area contributed by atoms with Crippen LogP contribution in [0.1, 0.15) is 59.3 Å². The van der Waals surface area contributed by atoms with E-state index >= 15 is 0 Å². The molecule has 0 bridgehead atoms. The largest absolute Gasteiger partial charge is 0.372 e. The van der Waals surface area contributed by atoms with E-state index in [-0.39, 0.29) is 5.60 Å². The molecule has 0 aromatic carbocycles. The van der Waals surface area contributed by atoms with E-state index in [0.29, 0.717) is 6.10 Å². The minimum atomic E-state index is 0.139. The Bertz CT molecular complexity index is 158. The normalized spacial score (nSPS) is 20.8. The summed E-state index contributed by atoms with van der Waals surface area (Å²) in [6.45, 7) is 9.00. The van der Waals surface area contributed by atoms with Crippen LogP contribution >= 0.6 is 0 Å². The number of ether oxygens (including phenoxy) is 1. The Hall–Kier alpha value is -0.0800. The minimum absolute atomic E-state index is 0.139. The molecule has 90 valence electrons. The molecular weight excluding hydrogens is 186 g/mol. The van der Waals surface area contributed by atoms with E-state index < -0.39 is 0 Å². The maximum atomic E-state index is 6.32. The molecule has 2 heteroatoms. The molecule has 0 spiro atoms.